The Kier molecular flexibility index (Phi) is 4.55. The molecule has 0 fully saturated rings. The van der Waals surface area contributed by atoms with Crippen molar-refractivity contribution < 1.29 is 13.2 Å². The van der Waals surface area contributed by atoms with Crippen LogP contribution in [0.15, 0.2) is 59.6 Å². The molecule has 0 saturated carbocycles. The maximum absolute atomic E-state index is 12.9. The Labute approximate surface area is 164 Å². The van der Waals surface area contributed by atoms with Crippen molar-refractivity contribution in [2.24, 2.45) is 7.05 Å². The Bertz CT molecular complexity index is 1170. The molecule has 4 rings (SSSR count). The first-order chi connectivity index (χ1) is 13.4. The van der Waals surface area contributed by atoms with Crippen molar-refractivity contribution in [3.63, 3.8) is 0 Å². The lowest BCUT2D eigenvalue weighted by molar-refractivity contribution is -0.120. The van der Waals surface area contributed by atoms with Crippen molar-refractivity contribution in [3.05, 3.63) is 71.4 Å². The number of fused-ring (bicyclic) bond motifs is 1. The van der Waals surface area contributed by atoms with Crippen LogP contribution in [-0.4, -0.2) is 24.1 Å². The minimum absolute atomic E-state index is 0.130. The average Bonchev–Trinajstić information content (AvgIpc) is 3.27. The van der Waals surface area contributed by atoms with Crippen LogP contribution in [0.25, 0.3) is 11.3 Å². The van der Waals surface area contributed by atoms with Crippen LogP contribution in [0.4, 0.5) is 0 Å². The summed E-state index contributed by atoms with van der Waals surface area (Å²) in [5, 5.41) is 4.22. The van der Waals surface area contributed by atoms with E-state index in [1.165, 1.54) is 6.07 Å². The molecule has 0 bridgehead atoms. The number of benzene rings is 2. The first-order valence-electron chi connectivity index (χ1n) is 9.11. The Morgan fingerprint density at radius 2 is 1.93 bits per heavy atom. The zero-order valence-corrected chi connectivity index (χ0v) is 16.5. The van der Waals surface area contributed by atoms with E-state index in [1.54, 1.807) is 36.0 Å². The number of carbonyl (C=O) groups excluding carboxylic acids is 1. The van der Waals surface area contributed by atoms with Crippen LogP contribution in [-0.2, 0) is 28.3 Å². The van der Waals surface area contributed by atoms with Crippen molar-refractivity contribution in [2.45, 2.75) is 30.6 Å². The number of aryl methyl sites for hydroxylation is 2. The smallest absolute Gasteiger partial charge is 0.264 e. The van der Waals surface area contributed by atoms with Gasteiger partial charge in [-0.25, -0.2) is 13.1 Å². The standard InChI is InChI=1S/C21H21N3O3S/c1-14-6-3-4-9-20(14)28(26,27)23-21(25)18-11-10-16-15(18)7-5-8-17(16)19-12-13-22-24(19)2/h3-9,12-13,18H,10-11H2,1-2H3,(H,23,25). The predicted octanol–water partition coefficient (Wildman–Crippen LogP) is 2.93. The van der Waals surface area contributed by atoms with Gasteiger partial charge in [-0.3, -0.25) is 9.48 Å². The van der Waals surface area contributed by atoms with E-state index in [9.17, 15) is 13.2 Å². The highest BCUT2D eigenvalue weighted by Crippen LogP contribution is 2.39. The Morgan fingerprint density at radius 3 is 2.64 bits per heavy atom. The number of hydrogen-bond acceptors (Lipinski definition) is 4. The molecular formula is C21H21N3O3S. The fraction of sp³-hybridized carbons (Fsp3) is 0.238. The molecular weight excluding hydrogens is 374 g/mol. The second kappa shape index (κ2) is 6.91. The second-order valence-corrected chi connectivity index (χ2v) is 8.69. The quantitative estimate of drug-likeness (QED) is 0.736. The summed E-state index contributed by atoms with van der Waals surface area (Å²) < 4.78 is 29.4. The summed E-state index contributed by atoms with van der Waals surface area (Å²) in [5.41, 5.74) is 4.59. The topological polar surface area (TPSA) is 81.1 Å². The third-order valence-electron chi connectivity index (χ3n) is 5.30. The van der Waals surface area contributed by atoms with E-state index in [0.717, 1.165) is 28.8 Å². The first kappa shape index (κ1) is 18.4. The third-order valence-corrected chi connectivity index (χ3v) is 6.81. The lowest BCUT2D eigenvalue weighted by Gasteiger charge is -2.15. The van der Waals surface area contributed by atoms with Crippen LogP contribution < -0.4 is 4.72 Å². The molecule has 28 heavy (non-hydrogen) atoms. The van der Waals surface area contributed by atoms with E-state index in [0.29, 0.717) is 12.0 Å². The summed E-state index contributed by atoms with van der Waals surface area (Å²) in [6, 6.07) is 14.4. The first-order valence-corrected chi connectivity index (χ1v) is 10.6. The second-order valence-electron chi connectivity index (χ2n) is 7.04. The van der Waals surface area contributed by atoms with Gasteiger partial charge in [-0.05, 0) is 48.6 Å². The number of sulfonamides is 1. The molecule has 1 heterocycles. The summed E-state index contributed by atoms with van der Waals surface area (Å²) in [7, 11) is -2.03. The fourth-order valence-electron chi connectivity index (χ4n) is 3.92. The number of hydrogen-bond donors (Lipinski definition) is 1. The third kappa shape index (κ3) is 3.11. The summed E-state index contributed by atoms with van der Waals surface area (Å²) in [5.74, 6) is -0.967. The summed E-state index contributed by atoms with van der Waals surface area (Å²) >= 11 is 0. The molecule has 1 amide bonds. The SMILES string of the molecule is Cc1ccccc1S(=O)(=O)NC(=O)C1CCc2c(-c3ccnn3C)cccc21. The van der Waals surface area contributed by atoms with Gasteiger partial charge in [0.1, 0.15) is 0 Å². The summed E-state index contributed by atoms with van der Waals surface area (Å²) in [6.45, 7) is 1.71. The van der Waals surface area contributed by atoms with Crippen molar-refractivity contribution in [3.8, 4) is 11.3 Å². The molecule has 0 saturated heterocycles. The molecule has 1 N–H and O–H groups in total. The minimum Gasteiger partial charge on any atom is -0.273 e. The van der Waals surface area contributed by atoms with Crippen LogP contribution in [0, 0.1) is 6.92 Å². The molecule has 2 aromatic carbocycles. The van der Waals surface area contributed by atoms with E-state index in [1.807, 2.05) is 31.3 Å². The van der Waals surface area contributed by atoms with Gasteiger partial charge in [0.25, 0.3) is 10.0 Å². The van der Waals surface area contributed by atoms with Gasteiger partial charge in [0.15, 0.2) is 0 Å². The molecule has 0 radical (unpaired) electrons. The Hall–Kier alpha value is -2.93. The van der Waals surface area contributed by atoms with Crippen molar-refractivity contribution in [2.75, 3.05) is 0 Å². The maximum Gasteiger partial charge on any atom is 0.264 e. The van der Waals surface area contributed by atoms with Crippen LogP contribution in [0.3, 0.4) is 0 Å². The molecule has 1 aliphatic rings. The van der Waals surface area contributed by atoms with E-state index >= 15 is 0 Å². The van der Waals surface area contributed by atoms with Gasteiger partial charge in [-0.15, -0.1) is 0 Å². The number of nitrogens with zero attached hydrogens (tertiary/aromatic N) is 2. The zero-order valence-electron chi connectivity index (χ0n) is 15.7. The van der Waals surface area contributed by atoms with E-state index < -0.39 is 21.8 Å². The number of nitrogens with one attached hydrogen (secondary N) is 1. The van der Waals surface area contributed by atoms with Gasteiger partial charge in [0, 0.05) is 18.8 Å². The summed E-state index contributed by atoms with van der Waals surface area (Å²) in [6.07, 6.45) is 3.04. The van der Waals surface area contributed by atoms with Crippen molar-refractivity contribution in [1.82, 2.24) is 14.5 Å². The molecule has 6 nitrogen and oxygen atoms in total. The molecule has 0 spiro atoms. The van der Waals surface area contributed by atoms with Gasteiger partial charge in [0.05, 0.1) is 16.5 Å². The number of aromatic nitrogens is 2. The Morgan fingerprint density at radius 1 is 1.14 bits per heavy atom. The van der Waals surface area contributed by atoms with Gasteiger partial charge < -0.3 is 0 Å². The van der Waals surface area contributed by atoms with E-state index in [4.69, 9.17) is 0 Å². The molecule has 3 aromatic rings. The lowest BCUT2D eigenvalue weighted by atomic mass is 9.97. The molecule has 1 unspecified atom stereocenters. The molecule has 0 aliphatic heterocycles. The normalized spacial score (nSPS) is 16.0. The zero-order chi connectivity index (χ0) is 19.9. The fourth-order valence-corrected chi connectivity index (χ4v) is 5.19. The number of rotatable bonds is 4. The lowest BCUT2D eigenvalue weighted by Crippen LogP contribution is -2.34. The van der Waals surface area contributed by atoms with Gasteiger partial charge in [0.2, 0.25) is 5.91 Å². The molecule has 7 heteroatoms. The number of amides is 1. The molecule has 1 aliphatic carbocycles. The highest BCUT2D eigenvalue weighted by Gasteiger charge is 2.33. The monoisotopic (exact) mass is 395 g/mol. The average molecular weight is 395 g/mol. The van der Waals surface area contributed by atoms with Gasteiger partial charge in [-0.2, -0.15) is 5.10 Å². The number of carbonyl (C=O) groups is 1. The van der Waals surface area contributed by atoms with Crippen LogP contribution >= 0.6 is 0 Å². The van der Waals surface area contributed by atoms with Crippen LogP contribution in [0.2, 0.25) is 0 Å². The molecule has 144 valence electrons. The highest BCUT2D eigenvalue weighted by molar-refractivity contribution is 7.90. The van der Waals surface area contributed by atoms with Crippen LogP contribution in [0.5, 0.6) is 0 Å². The molecule has 1 atom stereocenters. The highest BCUT2D eigenvalue weighted by atomic mass is 32.2. The van der Waals surface area contributed by atoms with E-state index in [2.05, 4.69) is 9.82 Å². The van der Waals surface area contributed by atoms with Gasteiger partial charge >= 0.3 is 0 Å². The Balaban J connectivity index is 1.64. The largest absolute Gasteiger partial charge is 0.273 e. The predicted molar refractivity (Wildman–Crippen MR) is 106 cm³/mol. The minimum atomic E-state index is -3.90. The van der Waals surface area contributed by atoms with Crippen molar-refractivity contribution >= 4 is 15.9 Å². The van der Waals surface area contributed by atoms with Gasteiger partial charge in [-0.1, -0.05) is 36.4 Å². The molecule has 1 aromatic heterocycles. The van der Waals surface area contributed by atoms with Crippen LogP contribution in [0.1, 0.15) is 29.0 Å². The van der Waals surface area contributed by atoms with E-state index in [-0.39, 0.29) is 4.90 Å². The summed E-state index contributed by atoms with van der Waals surface area (Å²) in [4.78, 5) is 13.0. The van der Waals surface area contributed by atoms with Crippen molar-refractivity contribution in [1.29, 1.82) is 0 Å². The maximum atomic E-state index is 12.9.